The number of ether oxygens (including phenoxy) is 1. The molecule has 0 spiro atoms. The zero-order valence-electron chi connectivity index (χ0n) is 19.2. The Labute approximate surface area is 200 Å². The van der Waals surface area contributed by atoms with Crippen molar-refractivity contribution in [1.82, 2.24) is 15.3 Å². The number of pyridine rings is 2. The number of nitrogens with one attached hydrogen (secondary N) is 2. The van der Waals surface area contributed by atoms with E-state index in [1.165, 1.54) is 0 Å². The molecule has 188 valence electrons. The molecule has 0 radical (unpaired) electrons. The molecule has 2 saturated heterocycles. The highest BCUT2D eigenvalue weighted by Crippen LogP contribution is 2.29. The normalized spacial score (nSPS) is 20.7. The lowest BCUT2D eigenvalue weighted by molar-refractivity contribution is -0.137. The summed E-state index contributed by atoms with van der Waals surface area (Å²) in [6.45, 7) is 2.03. The number of amides is 3. The molecule has 35 heavy (non-hydrogen) atoms. The van der Waals surface area contributed by atoms with E-state index in [0.29, 0.717) is 37.9 Å². The largest absolute Gasteiger partial charge is 0.417 e. The first kappa shape index (κ1) is 24.7. The van der Waals surface area contributed by atoms with Crippen molar-refractivity contribution in [2.75, 3.05) is 41.9 Å². The van der Waals surface area contributed by atoms with Gasteiger partial charge in [-0.2, -0.15) is 13.2 Å². The third-order valence-electron chi connectivity index (χ3n) is 6.15. The van der Waals surface area contributed by atoms with E-state index in [2.05, 4.69) is 25.5 Å². The van der Waals surface area contributed by atoms with Gasteiger partial charge in [-0.3, -0.25) is 10.1 Å². The fourth-order valence-electron chi connectivity index (χ4n) is 4.42. The van der Waals surface area contributed by atoms with E-state index < -0.39 is 23.8 Å². The average Bonchev–Trinajstić information content (AvgIpc) is 3.29. The summed E-state index contributed by atoms with van der Waals surface area (Å²) in [4.78, 5) is 37.3. The summed E-state index contributed by atoms with van der Waals surface area (Å²) in [6, 6.07) is 4.40. The Hall–Kier alpha value is -3.41. The van der Waals surface area contributed by atoms with Crippen LogP contribution in [0.2, 0.25) is 0 Å². The third-order valence-corrected chi connectivity index (χ3v) is 6.15. The lowest BCUT2D eigenvalue weighted by atomic mass is 10.0. The van der Waals surface area contributed by atoms with Gasteiger partial charge in [0.2, 0.25) is 5.91 Å². The summed E-state index contributed by atoms with van der Waals surface area (Å²) in [5, 5.41) is 4.96. The van der Waals surface area contributed by atoms with Crippen LogP contribution in [0.4, 0.5) is 35.3 Å². The van der Waals surface area contributed by atoms with Gasteiger partial charge in [0.25, 0.3) is 0 Å². The van der Waals surface area contributed by atoms with Crippen molar-refractivity contribution in [3.8, 4) is 0 Å². The van der Waals surface area contributed by atoms with Crippen LogP contribution in [0.3, 0.4) is 0 Å². The number of carbonyl (C=O) groups is 2. The number of carbonyl (C=O) groups excluding carboxylic acids is 2. The fraction of sp³-hybridized carbons (Fsp3) is 0.478. The fourth-order valence-corrected chi connectivity index (χ4v) is 4.42. The molecule has 2 aromatic rings. The second kappa shape index (κ2) is 10.5. The molecule has 0 aromatic carbocycles. The van der Waals surface area contributed by atoms with Crippen molar-refractivity contribution < 1.29 is 27.5 Å². The molecule has 0 aliphatic carbocycles. The van der Waals surface area contributed by atoms with Crippen LogP contribution in [-0.2, 0) is 15.7 Å². The van der Waals surface area contributed by atoms with Crippen LogP contribution >= 0.6 is 0 Å². The highest BCUT2D eigenvalue weighted by atomic mass is 19.4. The Kier molecular flexibility index (Phi) is 7.39. The summed E-state index contributed by atoms with van der Waals surface area (Å²) in [6.07, 6.45) is 1.00. The molecule has 2 aliphatic heterocycles. The number of nitrogens with zero attached hydrogens (tertiary/aromatic N) is 4. The number of aromatic nitrogens is 2. The molecule has 9 nitrogen and oxygen atoms in total. The number of piperidine rings is 1. The van der Waals surface area contributed by atoms with Gasteiger partial charge in [0.1, 0.15) is 17.7 Å². The number of urea groups is 1. The van der Waals surface area contributed by atoms with E-state index in [0.717, 1.165) is 37.3 Å². The monoisotopic (exact) mass is 492 g/mol. The molecular formula is C23H27F3N6O3. The molecule has 12 heteroatoms. The Morgan fingerprint density at radius 1 is 1.11 bits per heavy atom. The Balaban J connectivity index is 1.36. The lowest BCUT2D eigenvalue weighted by Crippen LogP contribution is -2.53. The molecule has 2 fully saturated rings. The van der Waals surface area contributed by atoms with Crippen LogP contribution in [-0.4, -0.2) is 60.8 Å². The molecular weight excluding hydrogens is 465 g/mol. The van der Waals surface area contributed by atoms with Crippen LogP contribution in [0.15, 0.2) is 36.7 Å². The first-order chi connectivity index (χ1) is 16.8. The summed E-state index contributed by atoms with van der Waals surface area (Å²) in [7, 11) is 1.68. The molecule has 2 N–H and O–H groups in total. The van der Waals surface area contributed by atoms with Crippen molar-refractivity contribution in [2.24, 2.45) is 0 Å². The van der Waals surface area contributed by atoms with Crippen molar-refractivity contribution >= 4 is 29.3 Å². The smallest absolute Gasteiger partial charge is 0.383 e. The topological polar surface area (TPSA) is 99.7 Å². The molecule has 2 aliphatic rings. The molecule has 4 heterocycles. The lowest BCUT2D eigenvalue weighted by Gasteiger charge is -2.33. The quantitative estimate of drug-likeness (QED) is 0.641. The number of methoxy groups -OCH3 is 1. The van der Waals surface area contributed by atoms with Crippen LogP contribution in [0.25, 0.3) is 0 Å². The molecule has 3 amide bonds. The van der Waals surface area contributed by atoms with Crippen molar-refractivity contribution in [3.05, 3.63) is 42.2 Å². The van der Waals surface area contributed by atoms with Gasteiger partial charge in [0.15, 0.2) is 0 Å². The van der Waals surface area contributed by atoms with Gasteiger partial charge in [-0.05, 0) is 49.9 Å². The summed E-state index contributed by atoms with van der Waals surface area (Å²) in [5.41, 5.74) is -0.280. The molecule has 0 unspecified atom stereocenters. The Morgan fingerprint density at radius 2 is 1.91 bits per heavy atom. The van der Waals surface area contributed by atoms with E-state index in [9.17, 15) is 22.8 Å². The maximum absolute atomic E-state index is 13.0. The first-order valence-corrected chi connectivity index (χ1v) is 11.4. The van der Waals surface area contributed by atoms with Gasteiger partial charge in [0.05, 0.1) is 30.1 Å². The average molecular weight is 493 g/mol. The van der Waals surface area contributed by atoms with E-state index in [-0.39, 0.29) is 17.8 Å². The number of alkyl halides is 3. The maximum atomic E-state index is 13.0. The predicted molar refractivity (Wildman–Crippen MR) is 123 cm³/mol. The number of anilines is 3. The summed E-state index contributed by atoms with van der Waals surface area (Å²) in [5.74, 6) is 0.500. The minimum absolute atomic E-state index is 0.0518. The standard InChI is InChI=1S/C23H27F3N6O3/c1-35-14-17-4-2-10-31(17)20-9-7-16(13-28-20)32-11-3-5-18(21(32)33)29-22(34)30-19-8-6-15(12-27-19)23(24,25)26/h6-9,12-13,17-18H,2-5,10-11,14H2,1H3,(H2,27,29,30,34)/t17-,18+/m0/s1. The van der Waals surface area contributed by atoms with Crippen LogP contribution < -0.4 is 20.4 Å². The second-order valence-electron chi connectivity index (χ2n) is 8.53. The van der Waals surface area contributed by atoms with Gasteiger partial charge in [-0.25, -0.2) is 14.8 Å². The minimum Gasteiger partial charge on any atom is -0.383 e. The minimum atomic E-state index is -4.51. The SMILES string of the molecule is COC[C@@H]1CCCN1c1ccc(N2CCC[C@@H](NC(=O)Nc3ccc(C(F)(F)F)cn3)C2=O)cn1. The summed E-state index contributed by atoms with van der Waals surface area (Å²) < 4.78 is 43.3. The molecule has 2 atom stereocenters. The van der Waals surface area contributed by atoms with Crippen LogP contribution in [0.5, 0.6) is 0 Å². The Bertz CT molecular complexity index is 1030. The zero-order chi connectivity index (χ0) is 25.0. The van der Waals surface area contributed by atoms with Gasteiger partial charge in [-0.1, -0.05) is 0 Å². The van der Waals surface area contributed by atoms with E-state index in [1.807, 2.05) is 12.1 Å². The number of halogens is 3. The zero-order valence-corrected chi connectivity index (χ0v) is 19.2. The molecule has 4 rings (SSSR count). The van der Waals surface area contributed by atoms with E-state index in [4.69, 9.17) is 4.74 Å². The van der Waals surface area contributed by atoms with Crippen molar-refractivity contribution in [3.63, 3.8) is 0 Å². The number of hydrogen-bond donors (Lipinski definition) is 2. The Morgan fingerprint density at radius 3 is 2.57 bits per heavy atom. The molecule has 2 aromatic heterocycles. The second-order valence-corrected chi connectivity index (χ2v) is 8.53. The van der Waals surface area contributed by atoms with Crippen molar-refractivity contribution in [1.29, 1.82) is 0 Å². The third kappa shape index (κ3) is 5.81. The predicted octanol–water partition coefficient (Wildman–Crippen LogP) is 3.43. The first-order valence-electron chi connectivity index (χ1n) is 11.4. The van der Waals surface area contributed by atoms with E-state index in [1.54, 1.807) is 18.2 Å². The van der Waals surface area contributed by atoms with Crippen LogP contribution in [0.1, 0.15) is 31.2 Å². The summed E-state index contributed by atoms with van der Waals surface area (Å²) >= 11 is 0. The van der Waals surface area contributed by atoms with Gasteiger partial charge < -0.3 is 19.9 Å². The highest BCUT2D eigenvalue weighted by molar-refractivity contribution is 6.01. The van der Waals surface area contributed by atoms with Gasteiger partial charge in [0, 0.05) is 26.4 Å². The molecule has 0 bridgehead atoms. The maximum Gasteiger partial charge on any atom is 0.417 e. The van der Waals surface area contributed by atoms with Gasteiger partial charge >= 0.3 is 12.2 Å². The van der Waals surface area contributed by atoms with Gasteiger partial charge in [-0.15, -0.1) is 0 Å². The van der Waals surface area contributed by atoms with Crippen molar-refractivity contribution in [2.45, 2.75) is 43.9 Å². The highest BCUT2D eigenvalue weighted by Gasteiger charge is 2.33. The van der Waals surface area contributed by atoms with Crippen LogP contribution in [0, 0.1) is 0 Å². The molecule has 0 saturated carbocycles. The number of hydrogen-bond acceptors (Lipinski definition) is 6. The van der Waals surface area contributed by atoms with E-state index >= 15 is 0 Å². The number of rotatable bonds is 6.